The summed E-state index contributed by atoms with van der Waals surface area (Å²) >= 11 is 0. The quantitative estimate of drug-likeness (QED) is 0.522. The molecular formula is C26H30N2O4S. The van der Waals surface area contributed by atoms with Gasteiger partial charge >= 0.3 is 0 Å². The van der Waals surface area contributed by atoms with E-state index in [1.807, 2.05) is 39.8 Å². The van der Waals surface area contributed by atoms with E-state index in [-0.39, 0.29) is 17.5 Å². The monoisotopic (exact) mass is 466 g/mol. The second kappa shape index (κ2) is 10.1. The van der Waals surface area contributed by atoms with Crippen LogP contribution in [0.2, 0.25) is 0 Å². The summed E-state index contributed by atoms with van der Waals surface area (Å²) in [6, 6.07) is 19.0. The van der Waals surface area contributed by atoms with Crippen molar-refractivity contribution in [1.29, 1.82) is 0 Å². The highest BCUT2D eigenvalue weighted by atomic mass is 32.2. The first-order chi connectivity index (χ1) is 15.6. The summed E-state index contributed by atoms with van der Waals surface area (Å²) in [5.74, 6) is 0.0987. The normalized spacial score (nSPS) is 12.2. The van der Waals surface area contributed by atoms with Gasteiger partial charge in [0.25, 0.3) is 10.0 Å². The van der Waals surface area contributed by atoms with Crippen molar-refractivity contribution in [1.82, 2.24) is 5.32 Å². The maximum Gasteiger partial charge on any atom is 0.264 e. The molecule has 0 spiro atoms. The number of ether oxygens (including phenoxy) is 1. The van der Waals surface area contributed by atoms with Crippen molar-refractivity contribution in [3.63, 3.8) is 0 Å². The van der Waals surface area contributed by atoms with Gasteiger partial charge < -0.3 is 10.1 Å². The summed E-state index contributed by atoms with van der Waals surface area (Å²) in [6.07, 6.45) is 0. The zero-order valence-electron chi connectivity index (χ0n) is 19.6. The maximum atomic E-state index is 13.5. The number of benzene rings is 3. The van der Waals surface area contributed by atoms with Crippen LogP contribution in [0, 0.1) is 20.8 Å². The van der Waals surface area contributed by atoms with E-state index >= 15 is 0 Å². The van der Waals surface area contributed by atoms with Gasteiger partial charge in [0.05, 0.1) is 23.7 Å². The van der Waals surface area contributed by atoms with Gasteiger partial charge in [0.15, 0.2) is 0 Å². The van der Waals surface area contributed by atoms with E-state index in [9.17, 15) is 13.2 Å². The highest BCUT2D eigenvalue weighted by molar-refractivity contribution is 7.92. The van der Waals surface area contributed by atoms with Crippen LogP contribution in [0.25, 0.3) is 0 Å². The summed E-state index contributed by atoms with van der Waals surface area (Å²) < 4.78 is 33.4. The molecule has 1 N–H and O–H groups in total. The van der Waals surface area contributed by atoms with Crippen LogP contribution in [-0.2, 0) is 14.8 Å². The Kier molecular flexibility index (Phi) is 7.43. The van der Waals surface area contributed by atoms with E-state index in [0.29, 0.717) is 11.4 Å². The Morgan fingerprint density at radius 2 is 1.64 bits per heavy atom. The molecule has 0 heterocycles. The number of carbonyl (C=O) groups is 1. The molecule has 1 amide bonds. The summed E-state index contributed by atoms with van der Waals surface area (Å²) in [5, 5.41) is 2.94. The van der Waals surface area contributed by atoms with Crippen LogP contribution < -0.4 is 14.4 Å². The van der Waals surface area contributed by atoms with E-state index in [4.69, 9.17) is 4.74 Å². The third-order valence-corrected chi connectivity index (χ3v) is 7.29. The smallest absolute Gasteiger partial charge is 0.264 e. The van der Waals surface area contributed by atoms with Gasteiger partial charge in [-0.1, -0.05) is 47.5 Å². The molecule has 3 aromatic carbocycles. The fourth-order valence-corrected chi connectivity index (χ4v) is 5.14. The lowest BCUT2D eigenvalue weighted by Gasteiger charge is -2.26. The van der Waals surface area contributed by atoms with Gasteiger partial charge in [0.2, 0.25) is 5.91 Å². The molecule has 0 fully saturated rings. The topological polar surface area (TPSA) is 75.7 Å². The van der Waals surface area contributed by atoms with Crippen LogP contribution >= 0.6 is 0 Å². The van der Waals surface area contributed by atoms with Crippen molar-refractivity contribution >= 4 is 21.6 Å². The zero-order valence-corrected chi connectivity index (χ0v) is 20.4. The molecule has 33 heavy (non-hydrogen) atoms. The molecule has 6 nitrogen and oxygen atoms in total. The number of hydrogen-bond acceptors (Lipinski definition) is 4. The second-order valence-electron chi connectivity index (χ2n) is 8.18. The Bertz CT molecular complexity index is 1240. The van der Waals surface area contributed by atoms with Crippen LogP contribution in [0.4, 0.5) is 5.69 Å². The Morgan fingerprint density at radius 1 is 0.970 bits per heavy atom. The van der Waals surface area contributed by atoms with E-state index in [1.54, 1.807) is 48.5 Å². The SMILES string of the molecule is COc1cccc(N(CC(=O)NC(C)c2ccc(C)cc2C)S(=O)(=O)c2ccc(C)cc2)c1. The first kappa shape index (κ1) is 24.3. The van der Waals surface area contributed by atoms with Crippen molar-refractivity contribution < 1.29 is 17.9 Å². The first-order valence-corrected chi connectivity index (χ1v) is 12.2. The average molecular weight is 467 g/mol. The largest absolute Gasteiger partial charge is 0.497 e. The molecule has 0 aliphatic rings. The number of rotatable bonds is 8. The Labute approximate surface area is 196 Å². The van der Waals surface area contributed by atoms with Crippen LogP contribution in [0.5, 0.6) is 5.75 Å². The second-order valence-corrected chi connectivity index (χ2v) is 10.0. The average Bonchev–Trinajstić information content (AvgIpc) is 2.77. The number of methoxy groups -OCH3 is 1. The predicted molar refractivity (Wildman–Crippen MR) is 131 cm³/mol. The van der Waals surface area contributed by atoms with Crippen LogP contribution in [0.1, 0.15) is 35.2 Å². The summed E-state index contributed by atoms with van der Waals surface area (Å²) in [6.45, 7) is 7.42. The molecule has 3 rings (SSSR count). The van der Waals surface area contributed by atoms with Crippen LogP contribution in [0.3, 0.4) is 0 Å². The fraction of sp³-hybridized carbons (Fsp3) is 0.269. The Hall–Kier alpha value is -3.32. The molecule has 1 atom stereocenters. The molecule has 0 aliphatic heterocycles. The van der Waals surface area contributed by atoms with Crippen molar-refractivity contribution in [2.75, 3.05) is 18.0 Å². The highest BCUT2D eigenvalue weighted by Crippen LogP contribution is 2.27. The number of anilines is 1. The van der Waals surface area contributed by atoms with Crippen molar-refractivity contribution in [3.05, 3.63) is 89.0 Å². The fourth-order valence-electron chi connectivity index (χ4n) is 3.72. The molecule has 3 aromatic rings. The third-order valence-electron chi connectivity index (χ3n) is 5.51. The van der Waals surface area contributed by atoms with Gasteiger partial charge in [-0.25, -0.2) is 8.42 Å². The van der Waals surface area contributed by atoms with Crippen molar-refractivity contribution in [2.24, 2.45) is 0 Å². The van der Waals surface area contributed by atoms with Gasteiger partial charge in [0, 0.05) is 6.07 Å². The van der Waals surface area contributed by atoms with E-state index in [0.717, 1.165) is 26.6 Å². The van der Waals surface area contributed by atoms with E-state index in [2.05, 4.69) is 11.4 Å². The number of carbonyl (C=O) groups excluding carboxylic acids is 1. The molecular weight excluding hydrogens is 436 g/mol. The van der Waals surface area contributed by atoms with E-state index < -0.39 is 15.9 Å². The number of aryl methyl sites for hydroxylation is 3. The third kappa shape index (κ3) is 5.73. The lowest BCUT2D eigenvalue weighted by atomic mass is 10.0. The lowest BCUT2D eigenvalue weighted by Crippen LogP contribution is -2.41. The van der Waals surface area contributed by atoms with Gasteiger partial charge in [0.1, 0.15) is 12.3 Å². The molecule has 0 saturated carbocycles. The minimum Gasteiger partial charge on any atom is -0.497 e. The number of nitrogens with zero attached hydrogens (tertiary/aromatic N) is 1. The van der Waals surface area contributed by atoms with Gasteiger partial charge in [-0.05, 0) is 63.1 Å². The van der Waals surface area contributed by atoms with Gasteiger partial charge in [-0.3, -0.25) is 9.10 Å². The minimum absolute atomic E-state index is 0.117. The number of sulfonamides is 1. The number of amides is 1. The molecule has 174 valence electrons. The van der Waals surface area contributed by atoms with Crippen molar-refractivity contribution in [2.45, 2.75) is 38.6 Å². The van der Waals surface area contributed by atoms with Crippen LogP contribution in [0.15, 0.2) is 71.6 Å². The molecule has 0 aliphatic carbocycles. The molecule has 0 aromatic heterocycles. The van der Waals surface area contributed by atoms with E-state index in [1.165, 1.54) is 7.11 Å². The first-order valence-electron chi connectivity index (χ1n) is 10.7. The minimum atomic E-state index is -3.99. The Morgan fingerprint density at radius 3 is 2.27 bits per heavy atom. The number of nitrogens with one attached hydrogen (secondary N) is 1. The highest BCUT2D eigenvalue weighted by Gasteiger charge is 2.28. The summed E-state index contributed by atoms with van der Waals surface area (Å²) in [5.41, 5.74) is 4.50. The zero-order chi connectivity index (χ0) is 24.2. The molecule has 7 heteroatoms. The van der Waals surface area contributed by atoms with Gasteiger partial charge in [-0.15, -0.1) is 0 Å². The predicted octanol–water partition coefficient (Wildman–Crippen LogP) is 4.69. The summed E-state index contributed by atoms with van der Waals surface area (Å²) in [4.78, 5) is 13.1. The Balaban J connectivity index is 1.92. The molecule has 1 unspecified atom stereocenters. The molecule has 0 radical (unpaired) electrons. The maximum absolute atomic E-state index is 13.5. The lowest BCUT2D eigenvalue weighted by molar-refractivity contribution is -0.120. The van der Waals surface area contributed by atoms with Gasteiger partial charge in [-0.2, -0.15) is 0 Å². The van der Waals surface area contributed by atoms with Crippen LogP contribution in [-0.4, -0.2) is 28.0 Å². The molecule has 0 saturated heterocycles. The van der Waals surface area contributed by atoms with Crippen molar-refractivity contribution in [3.8, 4) is 5.75 Å². The standard InChI is InChI=1S/C26H30N2O4S/c1-18-9-12-24(13-10-18)33(30,31)28(22-7-6-8-23(16-22)32-5)17-26(29)27-21(4)25-14-11-19(2)15-20(25)3/h6-16,21H,17H2,1-5H3,(H,27,29). The molecule has 0 bridgehead atoms. The summed E-state index contributed by atoms with van der Waals surface area (Å²) in [7, 11) is -2.48. The number of hydrogen-bond donors (Lipinski definition) is 1.